The van der Waals surface area contributed by atoms with Crippen molar-refractivity contribution in [3.8, 4) is 0 Å². The van der Waals surface area contributed by atoms with Crippen molar-refractivity contribution in [1.82, 2.24) is 4.98 Å². The number of H-pyrrole nitrogens is 1. The lowest BCUT2D eigenvalue weighted by atomic mass is 10.0. The molecule has 2 aromatic rings. The summed E-state index contributed by atoms with van der Waals surface area (Å²) in [6.45, 7) is 3.58. The van der Waals surface area contributed by atoms with Crippen molar-refractivity contribution in [2.75, 3.05) is 12.4 Å². The van der Waals surface area contributed by atoms with E-state index in [0.29, 0.717) is 29.7 Å². The van der Waals surface area contributed by atoms with Gasteiger partial charge >= 0.3 is 5.97 Å². The number of aromatic nitrogens is 1. The van der Waals surface area contributed by atoms with Gasteiger partial charge in [-0.3, -0.25) is 4.79 Å². The number of nitrogens with one attached hydrogen (secondary N) is 2. The van der Waals surface area contributed by atoms with Crippen LogP contribution >= 0.6 is 0 Å². The van der Waals surface area contributed by atoms with E-state index in [0.717, 1.165) is 12.1 Å². The molecule has 2 rings (SSSR count). The van der Waals surface area contributed by atoms with E-state index in [-0.39, 0.29) is 11.4 Å². The molecule has 7 heteroatoms. The van der Waals surface area contributed by atoms with E-state index in [9.17, 15) is 18.4 Å². The first-order valence-corrected chi connectivity index (χ1v) is 7.45. The first-order valence-electron chi connectivity index (χ1n) is 7.45. The van der Waals surface area contributed by atoms with Crippen LogP contribution in [0.15, 0.2) is 18.2 Å². The van der Waals surface area contributed by atoms with Gasteiger partial charge in [-0.2, -0.15) is 0 Å². The van der Waals surface area contributed by atoms with Crippen LogP contribution in [0.2, 0.25) is 0 Å². The Hall–Kier alpha value is -2.70. The van der Waals surface area contributed by atoms with Crippen LogP contribution in [0, 0.1) is 18.6 Å². The number of amides is 1. The van der Waals surface area contributed by atoms with Crippen molar-refractivity contribution in [1.29, 1.82) is 0 Å². The molecule has 0 aliphatic carbocycles. The average Bonchev–Trinajstić information content (AvgIpc) is 2.87. The van der Waals surface area contributed by atoms with E-state index >= 15 is 0 Å². The van der Waals surface area contributed by atoms with Crippen molar-refractivity contribution < 1.29 is 23.1 Å². The summed E-state index contributed by atoms with van der Waals surface area (Å²) < 4.78 is 31.0. The van der Waals surface area contributed by atoms with E-state index in [1.165, 1.54) is 13.2 Å². The van der Waals surface area contributed by atoms with Crippen molar-refractivity contribution in [2.45, 2.75) is 26.7 Å². The van der Waals surface area contributed by atoms with E-state index in [1.807, 2.05) is 6.92 Å². The number of hydrogen-bond donors (Lipinski definition) is 2. The zero-order valence-electron chi connectivity index (χ0n) is 13.6. The number of anilines is 1. The largest absolute Gasteiger partial charge is 0.465 e. The summed E-state index contributed by atoms with van der Waals surface area (Å²) in [5, 5.41) is 2.49. The highest BCUT2D eigenvalue weighted by Crippen LogP contribution is 2.23. The topological polar surface area (TPSA) is 71.2 Å². The minimum atomic E-state index is -1.06. The molecule has 0 unspecified atom stereocenters. The van der Waals surface area contributed by atoms with Crippen molar-refractivity contribution in [3.63, 3.8) is 0 Å². The number of esters is 1. The van der Waals surface area contributed by atoms with Crippen LogP contribution < -0.4 is 5.32 Å². The molecule has 0 atom stereocenters. The maximum Gasteiger partial charge on any atom is 0.339 e. The van der Waals surface area contributed by atoms with Crippen LogP contribution in [0.25, 0.3) is 0 Å². The Balaban J connectivity index is 2.37. The van der Waals surface area contributed by atoms with Gasteiger partial charge in [0.05, 0.1) is 12.7 Å². The fourth-order valence-electron chi connectivity index (χ4n) is 2.52. The molecule has 0 aliphatic rings. The van der Waals surface area contributed by atoms with Gasteiger partial charge in [0.2, 0.25) is 0 Å². The number of carbonyl (C=O) groups is 2. The molecule has 1 aromatic heterocycles. The number of benzene rings is 1. The predicted molar refractivity (Wildman–Crippen MR) is 85.2 cm³/mol. The minimum absolute atomic E-state index is 0.119. The molecule has 0 fully saturated rings. The summed E-state index contributed by atoms with van der Waals surface area (Å²) >= 11 is 0. The number of rotatable bonds is 5. The molecular weight excluding hydrogens is 318 g/mol. The summed E-state index contributed by atoms with van der Waals surface area (Å²) in [5.74, 6) is -3.12. The molecule has 0 bridgehead atoms. The second-order valence-electron chi connectivity index (χ2n) is 5.30. The zero-order valence-corrected chi connectivity index (χ0v) is 13.6. The molecular formula is C17H18F2N2O3. The minimum Gasteiger partial charge on any atom is -0.465 e. The lowest BCUT2D eigenvalue weighted by molar-refractivity contribution is 0.0599. The highest BCUT2D eigenvalue weighted by molar-refractivity contribution is 6.07. The van der Waals surface area contributed by atoms with Gasteiger partial charge in [-0.15, -0.1) is 0 Å². The lowest BCUT2D eigenvalue weighted by Gasteiger charge is -2.07. The van der Waals surface area contributed by atoms with E-state index < -0.39 is 23.5 Å². The summed E-state index contributed by atoms with van der Waals surface area (Å²) in [7, 11) is 1.27. The third kappa shape index (κ3) is 3.45. The van der Waals surface area contributed by atoms with Gasteiger partial charge in [-0.1, -0.05) is 13.3 Å². The zero-order chi connectivity index (χ0) is 17.9. The molecule has 128 valence electrons. The summed E-state index contributed by atoms with van der Waals surface area (Å²) in [6.07, 6.45) is 1.21. The molecule has 0 saturated carbocycles. The number of halogens is 2. The van der Waals surface area contributed by atoms with Crippen LogP contribution in [0.1, 0.15) is 45.4 Å². The first-order chi connectivity index (χ1) is 11.4. The average molecular weight is 336 g/mol. The third-order valence-electron chi connectivity index (χ3n) is 3.59. The number of methoxy groups -OCH3 is 1. The highest BCUT2D eigenvalue weighted by Gasteiger charge is 2.24. The van der Waals surface area contributed by atoms with Gasteiger partial charge in [-0.05, 0) is 31.0 Å². The summed E-state index contributed by atoms with van der Waals surface area (Å²) in [6, 6.07) is 3.08. The monoisotopic (exact) mass is 336 g/mol. The van der Waals surface area contributed by atoms with Crippen molar-refractivity contribution >= 4 is 17.6 Å². The third-order valence-corrected chi connectivity index (χ3v) is 3.59. The van der Waals surface area contributed by atoms with Gasteiger partial charge in [0.25, 0.3) is 5.91 Å². The number of aryl methyl sites for hydroxylation is 1. The smallest absolute Gasteiger partial charge is 0.339 e. The maximum atomic E-state index is 13.3. The normalized spacial score (nSPS) is 10.5. The van der Waals surface area contributed by atoms with Gasteiger partial charge in [0.1, 0.15) is 5.69 Å². The van der Waals surface area contributed by atoms with E-state index in [4.69, 9.17) is 4.74 Å². The van der Waals surface area contributed by atoms with Crippen molar-refractivity contribution in [2.24, 2.45) is 0 Å². The van der Waals surface area contributed by atoms with Crippen LogP contribution in [0.4, 0.5) is 14.5 Å². The number of aromatic amines is 1. The van der Waals surface area contributed by atoms with Crippen LogP contribution in [-0.4, -0.2) is 24.0 Å². The molecule has 0 spiro atoms. The fourth-order valence-corrected chi connectivity index (χ4v) is 2.52. The SMILES string of the molecule is CCCc1c(C(=O)Nc2ccc(F)c(F)c2)[nH]c(C)c1C(=O)OC. The highest BCUT2D eigenvalue weighted by atomic mass is 19.2. The Morgan fingerprint density at radius 2 is 1.96 bits per heavy atom. The van der Waals surface area contributed by atoms with Gasteiger partial charge in [0.15, 0.2) is 11.6 Å². The second kappa shape index (κ2) is 7.25. The Kier molecular flexibility index (Phi) is 5.33. The summed E-state index contributed by atoms with van der Waals surface area (Å²) in [5.41, 5.74) is 1.71. The quantitative estimate of drug-likeness (QED) is 0.820. The molecule has 0 aliphatic heterocycles. The molecule has 0 saturated heterocycles. The Morgan fingerprint density at radius 1 is 1.25 bits per heavy atom. The Labute approximate surface area is 138 Å². The van der Waals surface area contributed by atoms with Gasteiger partial charge in [-0.25, -0.2) is 13.6 Å². The van der Waals surface area contributed by atoms with Crippen LogP contribution in [0.3, 0.4) is 0 Å². The second-order valence-corrected chi connectivity index (χ2v) is 5.30. The molecule has 1 aromatic carbocycles. The predicted octanol–water partition coefficient (Wildman–Crippen LogP) is 3.59. The van der Waals surface area contributed by atoms with E-state index in [2.05, 4.69) is 10.3 Å². The van der Waals surface area contributed by atoms with E-state index in [1.54, 1.807) is 6.92 Å². The summed E-state index contributed by atoms with van der Waals surface area (Å²) in [4.78, 5) is 27.3. The van der Waals surface area contributed by atoms with Crippen LogP contribution in [0.5, 0.6) is 0 Å². The molecule has 2 N–H and O–H groups in total. The molecule has 1 amide bonds. The molecule has 0 radical (unpaired) electrons. The molecule has 5 nitrogen and oxygen atoms in total. The first kappa shape index (κ1) is 17.7. The number of carbonyl (C=O) groups excluding carboxylic acids is 2. The number of ether oxygens (including phenoxy) is 1. The number of hydrogen-bond acceptors (Lipinski definition) is 3. The van der Waals surface area contributed by atoms with Crippen LogP contribution in [-0.2, 0) is 11.2 Å². The standard InChI is InChI=1S/C17H18F2N2O3/c1-4-5-11-14(17(23)24-3)9(2)20-15(11)16(22)21-10-6-7-12(18)13(19)8-10/h6-8,20H,4-5H2,1-3H3,(H,21,22). The Morgan fingerprint density at radius 3 is 2.54 bits per heavy atom. The van der Waals surface area contributed by atoms with Gasteiger partial charge < -0.3 is 15.0 Å². The maximum absolute atomic E-state index is 13.3. The fraction of sp³-hybridized carbons (Fsp3) is 0.294. The molecule has 1 heterocycles. The Bertz CT molecular complexity index is 784. The lowest BCUT2D eigenvalue weighted by Crippen LogP contribution is -2.15. The van der Waals surface area contributed by atoms with Gasteiger partial charge in [0, 0.05) is 17.4 Å². The molecule has 24 heavy (non-hydrogen) atoms. The van der Waals surface area contributed by atoms with Crippen molar-refractivity contribution in [3.05, 3.63) is 52.3 Å².